The number of carbonyl (C=O) groups excluding carboxylic acids is 4. The first-order chi connectivity index (χ1) is 13.1. The molecule has 1 saturated heterocycles. The smallest absolute Gasteiger partial charge is 0.325 e. The molecule has 0 aliphatic carbocycles. The third-order valence-electron chi connectivity index (χ3n) is 4.29. The van der Waals surface area contributed by atoms with E-state index in [9.17, 15) is 19.2 Å². The van der Waals surface area contributed by atoms with Gasteiger partial charge in [0.2, 0.25) is 11.8 Å². The van der Waals surface area contributed by atoms with Crippen LogP contribution in [-0.2, 0) is 19.1 Å². The van der Waals surface area contributed by atoms with Crippen molar-refractivity contribution in [1.29, 1.82) is 0 Å². The number of fused-ring (bicyclic) bond motifs is 1. The van der Waals surface area contributed by atoms with E-state index >= 15 is 0 Å². The summed E-state index contributed by atoms with van der Waals surface area (Å²) >= 11 is 0. The molecule has 2 N–H and O–H groups in total. The van der Waals surface area contributed by atoms with Crippen molar-refractivity contribution in [2.45, 2.75) is 45.1 Å². The predicted molar refractivity (Wildman–Crippen MR) is 99.5 cm³/mol. The van der Waals surface area contributed by atoms with Gasteiger partial charge in [0, 0.05) is 22.9 Å². The highest BCUT2D eigenvalue weighted by atomic mass is 16.6. The van der Waals surface area contributed by atoms with Crippen LogP contribution in [0.3, 0.4) is 0 Å². The summed E-state index contributed by atoms with van der Waals surface area (Å²) < 4.78 is 10.7. The summed E-state index contributed by atoms with van der Waals surface area (Å²) in [6.45, 7) is 4.99. The predicted octanol–water partition coefficient (Wildman–Crippen LogP) is 2.02. The molecule has 28 heavy (non-hydrogen) atoms. The van der Waals surface area contributed by atoms with Crippen LogP contribution in [0.5, 0.6) is 0 Å². The van der Waals surface area contributed by atoms with Crippen molar-refractivity contribution in [2.75, 3.05) is 6.54 Å². The Morgan fingerprint density at radius 3 is 2.71 bits per heavy atom. The normalized spacial score (nSPS) is 17.3. The molecule has 0 bridgehead atoms. The molecule has 2 aromatic rings. The topological polar surface area (TPSA) is 115 Å². The lowest BCUT2D eigenvalue weighted by Crippen LogP contribution is -2.39. The second kappa shape index (κ2) is 7.46. The Kier molecular flexibility index (Phi) is 5.22. The molecular weight excluding hydrogens is 364 g/mol. The van der Waals surface area contributed by atoms with Gasteiger partial charge in [-0.3, -0.25) is 24.5 Å². The van der Waals surface area contributed by atoms with Crippen LogP contribution in [0, 0.1) is 0 Å². The lowest BCUT2D eigenvalue weighted by molar-refractivity contribution is -0.153. The lowest BCUT2D eigenvalue weighted by Gasteiger charge is -2.20. The molecular formula is C20H22N2O6. The van der Waals surface area contributed by atoms with Crippen LogP contribution < -0.4 is 10.6 Å². The van der Waals surface area contributed by atoms with E-state index in [1.807, 2.05) is 0 Å². The van der Waals surface area contributed by atoms with E-state index in [4.69, 9.17) is 9.15 Å². The number of hydrogen-bond donors (Lipinski definition) is 2. The molecule has 3 rings (SSSR count). The summed E-state index contributed by atoms with van der Waals surface area (Å²) in [5.74, 6) is -2.16. The van der Waals surface area contributed by atoms with E-state index in [1.165, 1.54) is 6.26 Å². The zero-order chi connectivity index (χ0) is 20.5. The third-order valence-corrected chi connectivity index (χ3v) is 4.29. The first kappa shape index (κ1) is 19.6. The molecule has 148 valence electrons. The zero-order valence-corrected chi connectivity index (χ0v) is 16.0. The third kappa shape index (κ3) is 4.39. The van der Waals surface area contributed by atoms with Gasteiger partial charge < -0.3 is 14.5 Å². The second-order valence-electron chi connectivity index (χ2n) is 7.67. The molecule has 1 atom stereocenters. The van der Waals surface area contributed by atoms with E-state index < -0.39 is 23.4 Å². The van der Waals surface area contributed by atoms with E-state index in [2.05, 4.69) is 10.6 Å². The van der Waals surface area contributed by atoms with Crippen molar-refractivity contribution in [3.63, 3.8) is 0 Å². The molecule has 1 aliphatic rings. The minimum Gasteiger partial charge on any atom is -0.464 e. The number of rotatable bonds is 4. The zero-order valence-electron chi connectivity index (χ0n) is 16.0. The first-order valence-electron chi connectivity index (χ1n) is 8.99. The number of furan rings is 1. The molecule has 2 heterocycles. The molecule has 0 spiro atoms. The molecule has 8 nitrogen and oxygen atoms in total. The Bertz CT molecular complexity index is 953. The number of carbonyl (C=O) groups is 4. The number of esters is 1. The molecule has 1 fully saturated rings. The first-order valence-corrected chi connectivity index (χ1v) is 8.99. The number of nitrogens with one attached hydrogen (secondary N) is 2. The van der Waals surface area contributed by atoms with E-state index in [1.54, 1.807) is 39.0 Å². The average molecular weight is 386 g/mol. The standard InChI is InChI=1S/C20H22N2O6/c1-20(2,3)28-17(24)9-21-18(25)11-4-6-15-13(8-11)14(10-27-15)12-5-7-16(23)22-19(12)26/h4,6,8,10,12H,5,7,9H2,1-3H3,(H,21,25)(H,22,23,26). The van der Waals surface area contributed by atoms with Crippen molar-refractivity contribution in [3.8, 4) is 0 Å². The quantitative estimate of drug-likeness (QED) is 0.614. The molecule has 1 aliphatic heterocycles. The molecule has 0 saturated carbocycles. The maximum absolute atomic E-state index is 12.4. The number of amides is 3. The lowest BCUT2D eigenvalue weighted by atomic mass is 9.90. The van der Waals surface area contributed by atoms with Gasteiger partial charge in [0.05, 0.1) is 12.2 Å². The van der Waals surface area contributed by atoms with Crippen molar-refractivity contribution in [1.82, 2.24) is 10.6 Å². The number of benzene rings is 1. The average Bonchev–Trinajstić information content (AvgIpc) is 3.01. The monoisotopic (exact) mass is 386 g/mol. The summed E-state index contributed by atoms with van der Waals surface area (Å²) in [5, 5.41) is 5.47. The number of imide groups is 1. The highest BCUT2D eigenvalue weighted by molar-refractivity contribution is 6.04. The van der Waals surface area contributed by atoms with Crippen molar-refractivity contribution in [3.05, 3.63) is 35.6 Å². The van der Waals surface area contributed by atoms with Crippen LogP contribution in [0.15, 0.2) is 28.9 Å². The van der Waals surface area contributed by atoms with Crippen LogP contribution in [0.25, 0.3) is 11.0 Å². The van der Waals surface area contributed by atoms with Crippen LogP contribution in [0.2, 0.25) is 0 Å². The highest BCUT2D eigenvalue weighted by Gasteiger charge is 2.30. The highest BCUT2D eigenvalue weighted by Crippen LogP contribution is 2.33. The minimum absolute atomic E-state index is 0.249. The van der Waals surface area contributed by atoms with Crippen LogP contribution >= 0.6 is 0 Å². The van der Waals surface area contributed by atoms with Gasteiger partial charge in [-0.2, -0.15) is 0 Å². The Morgan fingerprint density at radius 2 is 2.04 bits per heavy atom. The summed E-state index contributed by atoms with van der Waals surface area (Å²) in [5.41, 5.74) is 0.852. The van der Waals surface area contributed by atoms with Gasteiger partial charge >= 0.3 is 5.97 Å². The van der Waals surface area contributed by atoms with E-state index in [-0.39, 0.29) is 24.8 Å². The summed E-state index contributed by atoms with van der Waals surface area (Å²) in [6.07, 6.45) is 2.11. The summed E-state index contributed by atoms with van der Waals surface area (Å²) in [4.78, 5) is 47.7. The Balaban J connectivity index is 1.76. The van der Waals surface area contributed by atoms with Crippen molar-refractivity contribution < 1.29 is 28.3 Å². The molecule has 0 radical (unpaired) electrons. The van der Waals surface area contributed by atoms with Gasteiger partial charge in [0.15, 0.2) is 0 Å². The molecule has 1 unspecified atom stereocenters. The largest absolute Gasteiger partial charge is 0.464 e. The maximum atomic E-state index is 12.4. The fraction of sp³-hybridized carbons (Fsp3) is 0.400. The Morgan fingerprint density at radius 1 is 1.29 bits per heavy atom. The molecule has 1 aromatic carbocycles. The number of hydrogen-bond acceptors (Lipinski definition) is 6. The fourth-order valence-corrected chi connectivity index (χ4v) is 3.08. The van der Waals surface area contributed by atoms with E-state index in [0.717, 1.165) is 0 Å². The summed E-state index contributed by atoms with van der Waals surface area (Å²) in [6, 6.07) is 4.82. The second-order valence-corrected chi connectivity index (χ2v) is 7.67. The van der Waals surface area contributed by atoms with Crippen molar-refractivity contribution in [2.24, 2.45) is 0 Å². The van der Waals surface area contributed by atoms with Gasteiger partial charge in [0.25, 0.3) is 5.91 Å². The van der Waals surface area contributed by atoms with Gasteiger partial charge in [-0.25, -0.2) is 0 Å². The Labute approximate surface area is 161 Å². The minimum atomic E-state index is -0.631. The van der Waals surface area contributed by atoms with Gasteiger partial charge in [-0.1, -0.05) is 0 Å². The van der Waals surface area contributed by atoms with Crippen molar-refractivity contribution >= 4 is 34.7 Å². The van der Waals surface area contributed by atoms with Crippen LogP contribution in [0.4, 0.5) is 0 Å². The SMILES string of the molecule is CC(C)(C)OC(=O)CNC(=O)c1ccc2occ(C3CCC(=O)NC3=O)c2c1. The maximum Gasteiger partial charge on any atom is 0.325 e. The van der Waals surface area contributed by atoms with Crippen LogP contribution in [0.1, 0.15) is 55.5 Å². The summed E-state index contributed by atoms with van der Waals surface area (Å²) in [7, 11) is 0. The number of ether oxygens (including phenoxy) is 1. The number of piperidine rings is 1. The van der Waals surface area contributed by atoms with Gasteiger partial charge in [-0.15, -0.1) is 0 Å². The molecule has 8 heteroatoms. The van der Waals surface area contributed by atoms with Crippen LogP contribution in [-0.4, -0.2) is 35.8 Å². The Hall–Kier alpha value is -3.16. The van der Waals surface area contributed by atoms with Gasteiger partial charge in [0.1, 0.15) is 17.7 Å². The molecule has 3 amide bonds. The fourth-order valence-electron chi connectivity index (χ4n) is 3.08. The molecule has 1 aromatic heterocycles. The van der Waals surface area contributed by atoms with Gasteiger partial charge in [-0.05, 0) is 45.4 Å². The van der Waals surface area contributed by atoms with E-state index in [0.29, 0.717) is 28.5 Å².